The smallest absolute Gasteiger partial charge is 0.335 e. The van der Waals surface area contributed by atoms with Crippen molar-refractivity contribution < 1.29 is 23.4 Å². The third-order valence-corrected chi connectivity index (χ3v) is 8.40. The van der Waals surface area contributed by atoms with Crippen molar-refractivity contribution in [3.63, 3.8) is 0 Å². The van der Waals surface area contributed by atoms with Gasteiger partial charge in [-0.2, -0.15) is 0 Å². The van der Waals surface area contributed by atoms with Crippen LogP contribution in [-0.4, -0.2) is 55.4 Å². The Balaban J connectivity index is 2.09. The van der Waals surface area contributed by atoms with Gasteiger partial charge in [-0.05, 0) is 67.4 Å². The van der Waals surface area contributed by atoms with E-state index >= 15 is 0 Å². The normalized spacial score (nSPS) is 17.9. The molecule has 174 valence electrons. The zero-order chi connectivity index (χ0) is 23.5. The molecule has 2 aromatic rings. The fourth-order valence-corrected chi connectivity index (χ4v) is 6.10. The van der Waals surface area contributed by atoms with Gasteiger partial charge >= 0.3 is 5.97 Å². The van der Waals surface area contributed by atoms with Crippen molar-refractivity contribution in [1.82, 2.24) is 0 Å². The summed E-state index contributed by atoms with van der Waals surface area (Å²) in [5.74, 6) is -0.990. The van der Waals surface area contributed by atoms with Gasteiger partial charge in [0.15, 0.2) is 9.84 Å². The summed E-state index contributed by atoms with van der Waals surface area (Å²) >= 11 is 0. The number of carboxylic acids is 1. The Morgan fingerprint density at radius 2 is 2.03 bits per heavy atom. The van der Waals surface area contributed by atoms with Gasteiger partial charge in [0.2, 0.25) is 0 Å². The molecule has 1 aliphatic heterocycles. The number of piperidine rings is 1. The van der Waals surface area contributed by atoms with E-state index in [1.807, 2.05) is 25.3 Å². The number of anilines is 2. The van der Waals surface area contributed by atoms with Gasteiger partial charge < -0.3 is 19.8 Å². The van der Waals surface area contributed by atoms with Gasteiger partial charge in [-0.3, -0.25) is 0 Å². The highest BCUT2D eigenvalue weighted by Crippen LogP contribution is 2.38. The summed E-state index contributed by atoms with van der Waals surface area (Å²) in [7, 11) is -4.08. The number of nitrogens with zero attached hydrogens (tertiary/aromatic N) is 1. The van der Waals surface area contributed by atoms with Gasteiger partial charge in [-0.15, -0.1) is 0 Å². The first kappa shape index (κ1) is 24.3. The lowest BCUT2D eigenvalue weighted by Crippen LogP contribution is -2.38. The first-order chi connectivity index (χ1) is 15.1. The minimum absolute atomic E-state index is 0.205. The number of nitrogens with one attached hydrogen (secondary N) is 1. The number of sulfone groups is 1. The van der Waals surface area contributed by atoms with E-state index in [0.29, 0.717) is 12.2 Å². The number of aliphatic hydroxyl groups excluding tert-OH is 1. The van der Waals surface area contributed by atoms with E-state index in [1.165, 1.54) is 6.26 Å². The van der Waals surface area contributed by atoms with Crippen LogP contribution in [-0.2, 0) is 16.3 Å². The van der Waals surface area contributed by atoms with Gasteiger partial charge in [0.1, 0.15) is 0 Å². The Labute approximate surface area is 192 Å². The maximum Gasteiger partial charge on any atom is 0.335 e. The first-order valence-corrected chi connectivity index (χ1v) is 13.7. The number of aromatic carboxylic acids is 1. The minimum Gasteiger partial charge on any atom is -0.478 e. The Hall–Kier alpha value is -2.36. The molecule has 1 heterocycles. The van der Waals surface area contributed by atoms with Crippen LogP contribution in [0.4, 0.5) is 11.4 Å². The van der Waals surface area contributed by atoms with E-state index in [0.717, 1.165) is 42.0 Å². The molecule has 2 aromatic carbocycles. The average Bonchev–Trinajstić information content (AvgIpc) is 2.76. The number of carboxylic acid groups (broad SMARTS) is 1. The summed E-state index contributed by atoms with van der Waals surface area (Å²) in [5, 5.41) is 21.6. The summed E-state index contributed by atoms with van der Waals surface area (Å²) < 4.78 is 27.9. The Kier molecular flexibility index (Phi) is 7.63. The standard InChI is InChI=1S/C23H30N2O5S2/c1-4-16-8-9-17(23(27)28)13-22(16)31(5-2)24-20-14-19(32(3,29)30)10-11-21(20)25-12-6-7-18(26)15-25/h5,8-11,13-14,18,24,26H,4,6-7,12,15H2,1-3H3,(H,27,28)/t18-,31?/m0/s1. The molecule has 0 amide bonds. The maximum atomic E-state index is 12.2. The average molecular weight is 479 g/mol. The first-order valence-electron chi connectivity index (χ1n) is 10.6. The third-order valence-electron chi connectivity index (χ3n) is 5.52. The van der Waals surface area contributed by atoms with Crippen molar-refractivity contribution in [2.75, 3.05) is 29.0 Å². The zero-order valence-corrected chi connectivity index (χ0v) is 20.2. The molecule has 0 radical (unpaired) electrons. The van der Waals surface area contributed by atoms with Crippen LogP contribution in [0.2, 0.25) is 0 Å². The number of aliphatic hydroxyl groups is 1. The number of aryl methyl sites for hydroxylation is 1. The van der Waals surface area contributed by atoms with E-state index in [1.54, 1.807) is 30.3 Å². The van der Waals surface area contributed by atoms with Crippen LogP contribution in [0, 0.1) is 0 Å². The second kappa shape index (κ2) is 10.1. The number of rotatable bonds is 7. The van der Waals surface area contributed by atoms with Gasteiger partial charge in [0.25, 0.3) is 0 Å². The van der Waals surface area contributed by atoms with Gasteiger partial charge in [-0.1, -0.05) is 23.7 Å². The maximum absolute atomic E-state index is 12.2. The van der Waals surface area contributed by atoms with Crippen LogP contribution in [0.5, 0.6) is 0 Å². The monoisotopic (exact) mass is 478 g/mol. The van der Waals surface area contributed by atoms with Crippen LogP contribution in [0.1, 0.15) is 42.6 Å². The molecule has 0 spiro atoms. The van der Waals surface area contributed by atoms with Crippen LogP contribution < -0.4 is 9.62 Å². The van der Waals surface area contributed by atoms with Crippen molar-refractivity contribution in [2.45, 2.75) is 49.0 Å². The van der Waals surface area contributed by atoms with Crippen molar-refractivity contribution in [2.24, 2.45) is 0 Å². The lowest BCUT2D eigenvalue weighted by Gasteiger charge is -2.34. The molecule has 1 aliphatic rings. The summed E-state index contributed by atoms with van der Waals surface area (Å²) in [5.41, 5.74) is 2.70. The molecule has 1 saturated heterocycles. The fourth-order valence-electron chi connectivity index (χ4n) is 3.82. The highest BCUT2D eigenvalue weighted by molar-refractivity contribution is 8.16. The summed E-state index contributed by atoms with van der Waals surface area (Å²) in [6, 6.07) is 10.1. The molecule has 32 heavy (non-hydrogen) atoms. The van der Waals surface area contributed by atoms with Gasteiger partial charge in [0.05, 0.1) is 27.9 Å². The lowest BCUT2D eigenvalue weighted by molar-refractivity contribution is 0.0696. The Morgan fingerprint density at radius 1 is 1.28 bits per heavy atom. The second-order valence-electron chi connectivity index (χ2n) is 7.85. The molecule has 7 nitrogen and oxygen atoms in total. The molecule has 3 rings (SSSR count). The Bertz CT molecular complexity index is 1150. The van der Waals surface area contributed by atoms with E-state index in [2.05, 4.69) is 9.62 Å². The molecule has 1 unspecified atom stereocenters. The van der Waals surface area contributed by atoms with E-state index in [4.69, 9.17) is 0 Å². The molecule has 1 fully saturated rings. The van der Waals surface area contributed by atoms with E-state index < -0.39 is 32.6 Å². The van der Waals surface area contributed by atoms with Crippen molar-refractivity contribution >= 4 is 43.2 Å². The van der Waals surface area contributed by atoms with Gasteiger partial charge in [0, 0.05) is 24.2 Å². The van der Waals surface area contributed by atoms with Crippen LogP contribution in [0.15, 0.2) is 46.2 Å². The predicted molar refractivity (Wildman–Crippen MR) is 131 cm³/mol. The number of hydrogen-bond donors (Lipinski definition) is 3. The van der Waals surface area contributed by atoms with Crippen LogP contribution >= 0.6 is 10.7 Å². The van der Waals surface area contributed by atoms with E-state index in [-0.39, 0.29) is 10.5 Å². The zero-order valence-electron chi connectivity index (χ0n) is 18.5. The van der Waals surface area contributed by atoms with Crippen molar-refractivity contribution in [1.29, 1.82) is 0 Å². The highest BCUT2D eigenvalue weighted by atomic mass is 32.2. The minimum atomic E-state index is -3.41. The number of benzene rings is 2. The van der Waals surface area contributed by atoms with Crippen molar-refractivity contribution in [3.05, 3.63) is 47.5 Å². The SMILES string of the molecule is C/C=S(\Nc1cc(S(C)(=O)=O)ccc1N1CCC[C@H](O)C1)c1cc(C(=O)O)ccc1CC. The third kappa shape index (κ3) is 5.51. The summed E-state index contributed by atoms with van der Waals surface area (Å²) in [4.78, 5) is 14.7. The Morgan fingerprint density at radius 3 is 2.62 bits per heavy atom. The molecule has 0 saturated carbocycles. The predicted octanol–water partition coefficient (Wildman–Crippen LogP) is 3.79. The lowest BCUT2D eigenvalue weighted by atomic mass is 10.1. The molecule has 0 aromatic heterocycles. The number of β-amino-alcohol motifs (C(OH)–C–C–N with tert-alkyl or cyclic N) is 1. The molecule has 2 atom stereocenters. The molecule has 9 heteroatoms. The molecule has 0 bridgehead atoms. The topological polar surface area (TPSA) is 107 Å². The van der Waals surface area contributed by atoms with Crippen LogP contribution in [0.25, 0.3) is 0 Å². The quantitative estimate of drug-likeness (QED) is 0.520. The second-order valence-corrected chi connectivity index (χ2v) is 11.7. The van der Waals surface area contributed by atoms with Gasteiger partial charge in [-0.25, -0.2) is 13.2 Å². The molecular weight excluding hydrogens is 448 g/mol. The van der Waals surface area contributed by atoms with Crippen LogP contribution in [0.3, 0.4) is 0 Å². The van der Waals surface area contributed by atoms with Crippen molar-refractivity contribution in [3.8, 4) is 0 Å². The highest BCUT2D eigenvalue weighted by Gasteiger charge is 2.22. The number of hydrogen-bond acceptors (Lipinski definition) is 6. The van der Waals surface area contributed by atoms with E-state index in [9.17, 15) is 23.4 Å². The number of carbonyl (C=O) groups is 1. The largest absolute Gasteiger partial charge is 0.478 e. The molecule has 0 aliphatic carbocycles. The molecular formula is C23H30N2O5S2. The summed E-state index contributed by atoms with van der Waals surface area (Å²) in [6.45, 7) is 5.16. The molecule has 3 N–H and O–H groups in total. The summed E-state index contributed by atoms with van der Waals surface area (Å²) in [6.07, 6.45) is 3.08. The fraction of sp³-hybridized carbons (Fsp3) is 0.391.